The third-order valence-electron chi connectivity index (χ3n) is 3.12. The number of fused-ring (bicyclic) bond motifs is 3. The van der Waals surface area contributed by atoms with E-state index in [2.05, 4.69) is 4.98 Å². The zero-order valence-electron chi connectivity index (χ0n) is 13.9. The highest BCUT2D eigenvalue weighted by molar-refractivity contribution is 6.11. The van der Waals surface area contributed by atoms with Gasteiger partial charge in [0.1, 0.15) is 11.2 Å². The molecule has 2 nitrogen and oxygen atoms in total. The predicted octanol–water partition coefficient (Wildman–Crippen LogP) is 4.65. The molecular formula is C17H11NO. The highest BCUT2D eigenvalue weighted by atomic mass is 16.3. The van der Waals surface area contributed by atoms with E-state index in [1.165, 1.54) is 0 Å². The number of benzene rings is 2. The second-order valence-electron chi connectivity index (χ2n) is 4.22. The topological polar surface area (TPSA) is 26.0 Å². The van der Waals surface area contributed by atoms with Crippen LogP contribution in [0.25, 0.3) is 33.2 Å². The smallest absolute Gasteiger partial charge is 0.136 e. The van der Waals surface area contributed by atoms with Crippen LogP contribution in [0.4, 0.5) is 0 Å². The molecule has 0 spiro atoms. The number of hydrogen-bond acceptors (Lipinski definition) is 2. The van der Waals surface area contributed by atoms with Gasteiger partial charge < -0.3 is 4.42 Å². The molecule has 2 heteroatoms. The van der Waals surface area contributed by atoms with Gasteiger partial charge in [-0.1, -0.05) is 36.4 Å². The first-order valence-corrected chi connectivity index (χ1v) is 5.93. The maximum absolute atomic E-state index is 8.12. The molecule has 0 aliphatic carbocycles. The number of furan rings is 1. The van der Waals surface area contributed by atoms with Crippen molar-refractivity contribution in [1.29, 1.82) is 0 Å². The Kier molecular flexibility index (Phi) is 1.48. The summed E-state index contributed by atoms with van der Waals surface area (Å²) in [5.41, 5.74) is 2.27. The lowest BCUT2D eigenvalue weighted by atomic mass is 10.0. The van der Waals surface area contributed by atoms with E-state index in [4.69, 9.17) is 9.90 Å². The Morgan fingerprint density at radius 2 is 1.84 bits per heavy atom. The molecule has 2 aromatic carbocycles. The quantitative estimate of drug-likeness (QED) is 0.491. The van der Waals surface area contributed by atoms with Crippen molar-refractivity contribution in [2.75, 3.05) is 0 Å². The van der Waals surface area contributed by atoms with Gasteiger partial charge in [-0.15, -0.1) is 0 Å². The highest BCUT2D eigenvalue weighted by Gasteiger charge is 2.11. The second-order valence-corrected chi connectivity index (χ2v) is 4.22. The minimum Gasteiger partial charge on any atom is -0.456 e. The fraction of sp³-hybridized carbons (Fsp3) is 0. The summed E-state index contributed by atoms with van der Waals surface area (Å²) in [6, 6.07) is 12.2. The first-order valence-electron chi connectivity index (χ1n) is 7.93. The molecule has 0 aliphatic rings. The molecule has 0 amide bonds. The zero-order chi connectivity index (χ0) is 16.1. The maximum Gasteiger partial charge on any atom is 0.136 e. The van der Waals surface area contributed by atoms with Gasteiger partial charge in [0.05, 0.1) is 11.2 Å². The van der Waals surface area contributed by atoms with E-state index in [0.717, 1.165) is 16.4 Å². The van der Waals surface area contributed by atoms with Crippen molar-refractivity contribution in [1.82, 2.24) is 4.98 Å². The van der Waals surface area contributed by atoms with E-state index in [1.54, 1.807) is 12.1 Å². The van der Waals surface area contributed by atoms with Gasteiger partial charge in [-0.3, -0.25) is 4.98 Å². The van der Waals surface area contributed by atoms with Crippen LogP contribution in [0.3, 0.4) is 0 Å². The van der Waals surface area contributed by atoms with Crippen LogP contribution < -0.4 is 0 Å². The Hall–Kier alpha value is -2.61. The molecule has 19 heavy (non-hydrogen) atoms. The van der Waals surface area contributed by atoms with Crippen molar-refractivity contribution in [3.05, 3.63) is 66.8 Å². The first kappa shape index (κ1) is 7.10. The first-order chi connectivity index (χ1) is 11.1. The summed E-state index contributed by atoms with van der Waals surface area (Å²) in [5, 5.41) is 1.70. The van der Waals surface area contributed by atoms with E-state index in [0.29, 0.717) is 11.1 Å². The van der Waals surface area contributed by atoms with Crippen LogP contribution in [0.1, 0.15) is 5.48 Å². The van der Waals surface area contributed by atoms with Crippen molar-refractivity contribution in [2.24, 2.45) is 0 Å². The summed E-state index contributed by atoms with van der Waals surface area (Å²) in [7, 11) is 0. The maximum atomic E-state index is 8.12. The lowest BCUT2D eigenvalue weighted by molar-refractivity contribution is 0.669. The lowest BCUT2D eigenvalue weighted by Crippen LogP contribution is -1.82. The van der Waals surface area contributed by atoms with Gasteiger partial charge in [0.25, 0.3) is 0 Å². The standard InChI is InChI=1S/C17H11NO/c1-2-9-15-13(6-1)17-12(7-5-10-16(17)19-15)14-8-3-4-11-18-14/h1-11H/i3D,4D,8D,11D. The summed E-state index contributed by atoms with van der Waals surface area (Å²) in [4.78, 5) is 4.07. The SMILES string of the molecule is [2H]c1nc(-c2cccc3oc4ccccc4c23)c([2H])c([2H])c1[2H]. The van der Waals surface area contributed by atoms with E-state index < -0.39 is 0 Å². The molecule has 0 fully saturated rings. The molecule has 4 rings (SSSR count). The molecule has 2 aromatic heterocycles. The van der Waals surface area contributed by atoms with E-state index >= 15 is 0 Å². The van der Waals surface area contributed by atoms with E-state index in [9.17, 15) is 0 Å². The molecule has 0 atom stereocenters. The normalized spacial score (nSPS) is 14.1. The molecule has 2 heterocycles. The number of para-hydroxylation sites is 1. The summed E-state index contributed by atoms with van der Waals surface area (Å²) in [6.07, 6.45) is -0.300. The Morgan fingerprint density at radius 1 is 0.947 bits per heavy atom. The largest absolute Gasteiger partial charge is 0.456 e. The summed E-state index contributed by atoms with van der Waals surface area (Å²) < 4.78 is 37.2. The Labute approximate surface area is 115 Å². The summed E-state index contributed by atoms with van der Waals surface area (Å²) in [5.74, 6) is 0. The van der Waals surface area contributed by atoms with E-state index in [-0.39, 0.29) is 30.0 Å². The van der Waals surface area contributed by atoms with Gasteiger partial charge in [-0.05, 0) is 24.2 Å². The van der Waals surface area contributed by atoms with Crippen molar-refractivity contribution >= 4 is 21.9 Å². The average Bonchev–Trinajstić information content (AvgIpc) is 2.95. The third kappa shape index (κ3) is 1.54. The number of aromatic nitrogens is 1. The number of rotatable bonds is 1. The van der Waals surface area contributed by atoms with Gasteiger partial charge in [-0.25, -0.2) is 0 Å². The van der Waals surface area contributed by atoms with Crippen LogP contribution in [0.5, 0.6) is 0 Å². The van der Waals surface area contributed by atoms with Crippen LogP contribution in [0.15, 0.2) is 71.2 Å². The van der Waals surface area contributed by atoms with E-state index in [1.807, 2.05) is 30.3 Å². The van der Waals surface area contributed by atoms with Crippen molar-refractivity contribution in [3.63, 3.8) is 0 Å². The fourth-order valence-corrected chi connectivity index (χ4v) is 2.33. The van der Waals surface area contributed by atoms with Gasteiger partial charge in [0, 0.05) is 22.5 Å². The molecule has 0 bridgehead atoms. The van der Waals surface area contributed by atoms with Crippen molar-refractivity contribution in [2.45, 2.75) is 0 Å². The van der Waals surface area contributed by atoms with Crippen LogP contribution in [-0.2, 0) is 0 Å². The van der Waals surface area contributed by atoms with Gasteiger partial charge >= 0.3 is 0 Å². The Bertz CT molecular complexity index is 1070. The molecule has 0 saturated carbocycles. The molecule has 0 saturated heterocycles. The van der Waals surface area contributed by atoms with Crippen LogP contribution >= 0.6 is 0 Å². The highest BCUT2D eigenvalue weighted by Crippen LogP contribution is 2.35. The Balaban J connectivity index is 2.15. The van der Waals surface area contributed by atoms with Gasteiger partial charge in [-0.2, -0.15) is 0 Å². The van der Waals surface area contributed by atoms with Crippen molar-refractivity contribution < 1.29 is 9.90 Å². The minimum absolute atomic E-state index is 0.149. The van der Waals surface area contributed by atoms with Crippen LogP contribution in [-0.4, -0.2) is 4.98 Å². The monoisotopic (exact) mass is 249 g/mol. The average molecular weight is 249 g/mol. The third-order valence-corrected chi connectivity index (χ3v) is 3.12. The molecule has 0 N–H and O–H groups in total. The second kappa shape index (κ2) is 3.95. The van der Waals surface area contributed by atoms with Gasteiger partial charge in [0.2, 0.25) is 0 Å². The molecule has 4 aromatic rings. The predicted molar refractivity (Wildman–Crippen MR) is 77.0 cm³/mol. The summed E-state index contributed by atoms with van der Waals surface area (Å²) >= 11 is 0. The molecule has 0 radical (unpaired) electrons. The zero-order valence-corrected chi connectivity index (χ0v) is 9.90. The summed E-state index contributed by atoms with van der Waals surface area (Å²) in [6.45, 7) is 0. The fourth-order valence-electron chi connectivity index (χ4n) is 2.33. The van der Waals surface area contributed by atoms with Crippen LogP contribution in [0.2, 0.25) is 0 Å². The number of pyridine rings is 1. The molecule has 90 valence electrons. The Morgan fingerprint density at radius 3 is 2.84 bits per heavy atom. The molecule has 0 aliphatic heterocycles. The van der Waals surface area contributed by atoms with Crippen LogP contribution in [0, 0.1) is 0 Å². The molecule has 0 unspecified atom stereocenters. The van der Waals surface area contributed by atoms with Gasteiger partial charge in [0.15, 0.2) is 0 Å². The number of hydrogen-bond donors (Lipinski definition) is 0. The lowest BCUT2D eigenvalue weighted by Gasteiger charge is -2.01. The minimum atomic E-state index is -0.331. The molecular weight excluding hydrogens is 234 g/mol. The number of nitrogens with zero attached hydrogens (tertiary/aromatic N) is 1. The van der Waals surface area contributed by atoms with Crippen molar-refractivity contribution in [3.8, 4) is 11.3 Å².